The van der Waals surface area contributed by atoms with Crippen LogP contribution in [0.2, 0.25) is 0 Å². The summed E-state index contributed by atoms with van der Waals surface area (Å²) in [5, 5.41) is 2.49. The monoisotopic (exact) mass is 527 g/mol. The van der Waals surface area contributed by atoms with Crippen LogP contribution in [0.4, 0.5) is 10.1 Å². The Balaban J connectivity index is 2.06. The zero-order chi connectivity index (χ0) is 27.2. The van der Waals surface area contributed by atoms with E-state index in [2.05, 4.69) is 5.32 Å². The van der Waals surface area contributed by atoms with Gasteiger partial charge in [-0.05, 0) is 44.2 Å². The lowest BCUT2D eigenvalue weighted by atomic mass is 10.1. The molecular weight excluding hydrogens is 497 g/mol. The van der Waals surface area contributed by atoms with Crippen molar-refractivity contribution in [1.82, 2.24) is 10.2 Å². The van der Waals surface area contributed by atoms with E-state index in [-0.39, 0.29) is 22.7 Å². The Kier molecular flexibility index (Phi) is 8.88. The molecule has 0 saturated carbocycles. The van der Waals surface area contributed by atoms with Gasteiger partial charge >= 0.3 is 0 Å². The highest BCUT2D eigenvalue weighted by Crippen LogP contribution is 2.28. The van der Waals surface area contributed by atoms with E-state index in [1.807, 2.05) is 6.92 Å². The van der Waals surface area contributed by atoms with Crippen LogP contribution in [0.5, 0.6) is 5.75 Å². The summed E-state index contributed by atoms with van der Waals surface area (Å²) in [7, 11) is -1.33. The van der Waals surface area contributed by atoms with Crippen molar-refractivity contribution in [3.05, 3.63) is 89.7 Å². The molecule has 1 N–H and O–H groups in total. The predicted molar refractivity (Wildman–Crippen MR) is 139 cm³/mol. The molecule has 0 unspecified atom stereocenters. The lowest BCUT2D eigenvalue weighted by molar-refractivity contribution is -0.139. The number of amides is 2. The zero-order valence-corrected chi connectivity index (χ0v) is 22.0. The Morgan fingerprint density at radius 1 is 1.03 bits per heavy atom. The van der Waals surface area contributed by atoms with Crippen molar-refractivity contribution < 1.29 is 27.1 Å². The van der Waals surface area contributed by atoms with Gasteiger partial charge in [0.25, 0.3) is 10.0 Å². The Morgan fingerprint density at radius 2 is 1.70 bits per heavy atom. The topological polar surface area (TPSA) is 96.0 Å². The van der Waals surface area contributed by atoms with Crippen molar-refractivity contribution in [2.75, 3.05) is 25.0 Å². The standard InChI is InChI=1S/C27H30FN3O5S/c1-19-12-14-24(15-13-19)37(34,35)31(22-9-7-10-23(16-22)36-4)18-26(32)30(20(2)27(33)29-3)17-21-8-5-6-11-25(21)28/h5-16,20H,17-18H2,1-4H3,(H,29,33)/t20-/m1/s1. The number of sulfonamides is 1. The van der Waals surface area contributed by atoms with E-state index < -0.39 is 40.2 Å². The molecule has 0 fully saturated rings. The second-order valence-corrected chi connectivity index (χ2v) is 10.3. The highest BCUT2D eigenvalue weighted by molar-refractivity contribution is 7.92. The number of benzene rings is 3. The number of carbonyl (C=O) groups is 2. The molecule has 8 nitrogen and oxygen atoms in total. The predicted octanol–water partition coefficient (Wildman–Crippen LogP) is 3.50. The molecule has 3 aromatic carbocycles. The Hall–Kier alpha value is -3.92. The molecular formula is C27H30FN3O5S. The number of nitrogens with one attached hydrogen (secondary N) is 1. The molecule has 0 spiro atoms. The highest BCUT2D eigenvalue weighted by Gasteiger charge is 2.32. The first-order chi connectivity index (χ1) is 17.6. The third-order valence-electron chi connectivity index (χ3n) is 5.94. The number of hydrogen-bond acceptors (Lipinski definition) is 5. The molecule has 0 aliphatic carbocycles. The van der Waals surface area contributed by atoms with Gasteiger partial charge in [-0.25, -0.2) is 12.8 Å². The number of methoxy groups -OCH3 is 1. The van der Waals surface area contributed by atoms with Gasteiger partial charge in [0.1, 0.15) is 24.2 Å². The summed E-state index contributed by atoms with van der Waals surface area (Å²) < 4.78 is 48.2. The maximum absolute atomic E-state index is 14.5. The van der Waals surface area contributed by atoms with Gasteiger partial charge in [0.15, 0.2) is 0 Å². The van der Waals surface area contributed by atoms with Crippen LogP contribution in [-0.2, 0) is 26.2 Å². The average molecular weight is 528 g/mol. The van der Waals surface area contributed by atoms with E-state index in [1.54, 1.807) is 36.4 Å². The molecule has 1 atom stereocenters. The van der Waals surface area contributed by atoms with Gasteiger partial charge in [0.05, 0.1) is 17.7 Å². The number of rotatable bonds is 10. The molecule has 196 valence electrons. The van der Waals surface area contributed by atoms with Crippen molar-refractivity contribution in [3.8, 4) is 5.75 Å². The number of aryl methyl sites for hydroxylation is 1. The summed E-state index contributed by atoms with van der Waals surface area (Å²) in [5.41, 5.74) is 1.27. The van der Waals surface area contributed by atoms with Gasteiger partial charge in [0.2, 0.25) is 11.8 Å². The van der Waals surface area contributed by atoms with Crippen molar-refractivity contribution in [2.24, 2.45) is 0 Å². The van der Waals surface area contributed by atoms with Crippen molar-refractivity contribution >= 4 is 27.5 Å². The zero-order valence-electron chi connectivity index (χ0n) is 21.1. The fraction of sp³-hybridized carbons (Fsp3) is 0.259. The molecule has 0 heterocycles. The molecule has 3 rings (SSSR count). The summed E-state index contributed by atoms with van der Waals surface area (Å²) in [4.78, 5) is 27.3. The maximum Gasteiger partial charge on any atom is 0.264 e. The van der Waals surface area contributed by atoms with Crippen LogP contribution >= 0.6 is 0 Å². The molecule has 0 saturated heterocycles. The summed E-state index contributed by atoms with van der Waals surface area (Å²) in [6, 6.07) is 17.5. The van der Waals surface area contributed by atoms with Gasteiger partial charge in [-0.1, -0.05) is 42.0 Å². The molecule has 0 aliphatic heterocycles. The molecule has 2 amide bonds. The summed E-state index contributed by atoms with van der Waals surface area (Å²) in [5.74, 6) is -1.30. The minimum atomic E-state index is -4.20. The third kappa shape index (κ3) is 6.45. The number of hydrogen-bond donors (Lipinski definition) is 1. The summed E-state index contributed by atoms with van der Waals surface area (Å²) in [6.45, 7) is 2.48. The largest absolute Gasteiger partial charge is 0.497 e. The minimum absolute atomic E-state index is 0.00581. The van der Waals surface area contributed by atoms with Crippen molar-refractivity contribution in [1.29, 1.82) is 0 Å². The average Bonchev–Trinajstić information content (AvgIpc) is 2.90. The summed E-state index contributed by atoms with van der Waals surface area (Å²) >= 11 is 0. The fourth-order valence-corrected chi connectivity index (χ4v) is 5.14. The van der Waals surface area contributed by atoms with Crippen LogP contribution in [0.25, 0.3) is 0 Å². The van der Waals surface area contributed by atoms with E-state index in [0.29, 0.717) is 5.75 Å². The van der Waals surface area contributed by atoms with Gasteiger partial charge in [-0.3, -0.25) is 13.9 Å². The van der Waals surface area contributed by atoms with E-state index in [4.69, 9.17) is 4.74 Å². The molecule has 37 heavy (non-hydrogen) atoms. The lowest BCUT2D eigenvalue weighted by Gasteiger charge is -2.32. The van der Waals surface area contributed by atoms with E-state index in [0.717, 1.165) is 14.8 Å². The summed E-state index contributed by atoms with van der Waals surface area (Å²) in [6.07, 6.45) is 0. The SMILES string of the molecule is CNC(=O)[C@@H](C)N(Cc1ccccc1F)C(=O)CN(c1cccc(OC)c1)S(=O)(=O)c1ccc(C)cc1. The van der Waals surface area contributed by atoms with Crippen LogP contribution in [0.1, 0.15) is 18.1 Å². The van der Waals surface area contributed by atoms with Gasteiger partial charge in [-0.2, -0.15) is 0 Å². The third-order valence-corrected chi connectivity index (χ3v) is 7.73. The minimum Gasteiger partial charge on any atom is -0.497 e. The second-order valence-electron chi connectivity index (χ2n) is 8.43. The normalized spacial score (nSPS) is 11.9. The smallest absolute Gasteiger partial charge is 0.264 e. The number of anilines is 1. The molecule has 0 bridgehead atoms. The Labute approximate surface area is 216 Å². The van der Waals surface area contributed by atoms with E-state index >= 15 is 0 Å². The van der Waals surface area contributed by atoms with Crippen molar-refractivity contribution in [3.63, 3.8) is 0 Å². The van der Waals surface area contributed by atoms with E-state index in [9.17, 15) is 22.4 Å². The molecule has 0 aliphatic rings. The molecule has 0 radical (unpaired) electrons. The number of ether oxygens (including phenoxy) is 1. The first kappa shape index (κ1) is 27.7. The first-order valence-electron chi connectivity index (χ1n) is 11.6. The van der Waals surface area contributed by atoms with E-state index in [1.165, 1.54) is 57.5 Å². The van der Waals surface area contributed by atoms with Crippen LogP contribution in [0.15, 0.2) is 77.7 Å². The van der Waals surface area contributed by atoms with Crippen LogP contribution in [0, 0.1) is 12.7 Å². The fourth-order valence-electron chi connectivity index (χ4n) is 3.73. The highest BCUT2D eigenvalue weighted by atomic mass is 32.2. The van der Waals surface area contributed by atoms with Crippen LogP contribution in [0.3, 0.4) is 0 Å². The number of nitrogens with zero attached hydrogens (tertiary/aromatic N) is 2. The first-order valence-corrected chi connectivity index (χ1v) is 13.0. The van der Waals surface area contributed by atoms with Gasteiger partial charge < -0.3 is 15.0 Å². The number of halogens is 1. The molecule has 3 aromatic rings. The number of likely N-dealkylation sites (N-methyl/N-ethyl adjacent to an activating group) is 1. The quantitative estimate of drug-likeness (QED) is 0.436. The Morgan fingerprint density at radius 3 is 2.32 bits per heavy atom. The van der Waals surface area contributed by atoms with Crippen LogP contribution in [-0.4, -0.2) is 51.9 Å². The second kappa shape index (κ2) is 11.9. The number of carbonyl (C=O) groups excluding carboxylic acids is 2. The van der Waals surface area contributed by atoms with Gasteiger partial charge in [0, 0.05) is 25.2 Å². The maximum atomic E-state index is 14.5. The molecule has 0 aromatic heterocycles. The lowest BCUT2D eigenvalue weighted by Crippen LogP contribution is -2.50. The molecule has 10 heteroatoms. The Bertz CT molecular complexity index is 1360. The van der Waals surface area contributed by atoms with Crippen LogP contribution < -0.4 is 14.4 Å². The van der Waals surface area contributed by atoms with Crippen molar-refractivity contribution in [2.45, 2.75) is 31.3 Å². The van der Waals surface area contributed by atoms with Gasteiger partial charge in [-0.15, -0.1) is 0 Å².